The zero-order valence-electron chi connectivity index (χ0n) is 13.0. The van der Waals surface area contributed by atoms with Gasteiger partial charge in [0.25, 0.3) is 0 Å². The lowest BCUT2D eigenvalue weighted by atomic mass is 10.0. The van der Waals surface area contributed by atoms with Crippen molar-refractivity contribution < 1.29 is 4.74 Å². The highest BCUT2D eigenvalue weighted by atomic mass is 16.5. The van der Waals surface area contributed by atoms with E-state index in [1.54, 1.807) is 7.11 Å². The summed E-state index contributed by atoms with van der Waals surface area (Å²) >= 11 is 0. The van der Waals surface area contributed by atoms with Gasteiger partial charge in [-0.15, -0.1) is 0 Å². The Kier molecular flexibility index (Phi) is 6.77. The van der Waals surface area contributed by atoms with Crippen molar-refractivity contribution in [2.45, 2.75) is 12.8 Å². The average Bonchev–Trinajstić information content (AvgIpc) is 2.63. The predicted molar refractivity (Wildman–Crippen MR) is 93.3 cm³/mol. The van der Waals surface area contributed by atoms with E-state index in [0.29, 0.717) is 0 Å². The maximum absolute atomic E-state index is 4.91. The second kappa shape index (κ2) is 9.41. The highest BCUT2D eigenvalue weighted by molar-refractivity contribution is 5.21. The molecule has 0 unspecified atom stereocenters. The van der Waals surface area contributed by atoms with E-state index in [1.807, 2.05) is 30.3 Å². The van der Waals surface area contributed by atoms with E-state index in [0.717, 1.165) is 18.6 Å². The van der Waals surface area contributed by atoms with E-state index in [2.05, 4.69) is 60.7 Å². The second-order valence-electron chi connectivity index (χ2n) is 4.99. The third-order valence-corrected chi connectivity index (χ3v) is 3.37. The van der Waals surface area contributed by atoms with Gasteiger partial charge < -0.3 is 4.74 Å². The number of rotatable bonds is 4. The molecule has 0 atom stereocenters. The number of hydrogen-bond acceptors (Lipinski definition) is 1. The Morgan fingerprint density at radius 2 is 0.909 bits per heavy atom. The van der Waals surface area contributed by atoms with Crippen LogP contribution in [0.25, 0.3) is 0 Å². The van der Waals surface area contributed by atoms with E-state index in [9.17, 15) is 0 Å². The number of aryl methyl sites for hydroxylation is 2. The molecule has 3 rings (SSSR count). The molecular weight excluding hydrogens is 268 g/mol. The molecule has 0 saturated heterocycles. The predicted octanol–water partition coefficient (Wildman–Crippen LogP) is 5.17. The van der Waals surface area contributed by atoms with Gasteiger partial charge in [0.2, 0.25) is 0 Å². The maximum atomic E-state index is 4.91. The first-order chi connectivity index (χ1) is 10.9. The molecule has 0 N–H and O–H groups in total. The summed E-state index contributed by atoms with van der Waals surface area (Å²) in [5.74, 6) is 0.910. The van der Waals surface area contributed by atoms with Gasteiger partial charge >= 0.3 is 0 Å². The van der Waals surface area contributed by atoms with Crippen molar-refractivity contribution >= 4 is 0 Å². The van der Waals surface area contributed by atoms with Crippen molar-refractivity contribution in [1.82, 2.24) is 0 Å². The van der Waals surface area contributed by atoms with Crippen molar-refractivity contribution in [2.24, 2.45) is 0 Å². The monoisotopic (exact) mass is 290 g/mol. The van der Waals surface area contributed by atoms with Crippen LogP contribution in [0.3, 0.4) is 0 Å². The molecule has 0 radical (unpaired) electrons. The van der Waals surface area contributed by atoms with Crippen LogP contribution in [0, 0.1) is 0 Å². The highest BCUT2D eigenvalue weighted by Gasteiger charge is 1.93. The third kappa shape index (κ3) is 5.84. The topological polar surface area (TPSA) is 9.23 Å². The normalized spacial score (nSPS) is 9.50. The number of ether oxygens (including phenoxy) is 1. The molecule has 0 fully saturated rings. The van der Waals surface area contributed by atoms with Crippen molar-refractivity contribution in [3.63, 3.8) is 0 Å². The van der Waals surface area contributed by atoms with Gasteiger partial charge in [0, 0.05) is 0 Å². The fraction of sp³-hybridized carbons (Fsp3) is 0.143. The van der Waals surface area contributed by atoms with Gasteiger partial charge in [-0.2, -0.15) is 0 Å². The van der Waals surface area contributed by atoms with Crippen molar-refractivity contribution in [1.29, 1.82) is 0 Å². The van der Waals surface area contributed by atoms with Crippen LogP contribution < -0.4 is 4.74 Å². The van der Waals surface area contributed by atoms with Crippen molar-refractivity contribution in [3.8, 4) is 5.75 Å². The number of para-hydroxylation sites is 1. The Balaban J connectivity index is 0.000000188. The van der Waals surface area contributed by atoms with Crippen molar-refractivity contribution in [3.05, 3.63) is 102 Å². The van der Waals surface area contributed by atoms with E-state index in [1.165, 1.54) is 11.1 Å². The first-order valence-corrected chi connectivity index (χ1v) is 7.55. The van der Waals surface area contributed by atoms with Crippen LogP contribution in [0.5, 0.6) is 5.75 Å². The van der Waals surface area contributed by atoms with Crippen LogP contribution in [-0.2, 0) is 12.8 Å². The molecule has 0 aliphatic carbocycles. The van der Waals surface area contributed by atoms with E-state index >= 15 is 0 Å². The Hall–Kier alpha value is -2.54. The molecule has 0 aromatic heterocycles. The van der Waals surface area contributed by atoms with E-state index in [-0.39, 0.29) is 0 Å². The standard InChI is InChI=1S/C14H14.C7H8O/c1-3-7-13(8-4-1)11-12-14-9-5-2-6-10-14;1-8-7-5-3-2-4-6-7/h1-10H,11-12H2;2-6H,1H3. The molecule has 0 aliphatic heterocycles. The average molecular weight is 290 g/mol. The molecule has 3 aromatic rings. The molecular formula is C21H22O. The lowest BCUT2D eigenvalue weighted by Gasteiger charge is -2.01. The summed E-state index contributed by atoms with van der Waals surface area (Å²) in [6.45, 7) is 0. The molecule has 22 heavy (non-hydrogen) atoms. The number of methoxy groups -OCH3 is 1. The van der Waals surface area contributed by atoms with E-state index < -0.39 is 0 Å². The van der Waals surface area contributed by atoms with Crippen LogP contribution >= 0.6 is 0 Å². The summed E-state index contributed by atoms with van der Waals surface area (Å²) in [6, 6.07) is 30.9. The smallest absolute Gasteiger partial charge is 0.118 e. The lowest BCUT2D eigenvalue weighted by molar-refractivity contribution is 0.415. The molecule has 112 valence electrons. The molecule has 1 nitrogen and oxygen atoms in total. The molecule has 3 aromatic carbocycles. The van der Waals surface area contributed by atoms with Gasteiger partial charge in [0.15, 0.2) is 0 Å². The first kappa shape index (κ1) is 15.8. The maximum Gasteiger partial charge on any atom is 0.118 e. The Morgan fingerprint density at radius 1 is 0.545 bits per heavy atom. The summed E-state index contributed by atoms with van der Waals surface area (Å²) in [5.41, 5.74) is 2.83. The number of benzene rings is 3. The quantitative estimate of drug-likeness (QED) is 0.644. The van der Waals surface area contributed by atoms with Gasteiger partial charge in [-0.25, -0.2) is 0 Å². The van der Waals surface area contributed by atoms with Crippen LogP contribution in [0.4, 0.5) is 0 Å². The van der Waals surface area contributed by atoms with Gasteiger partial charge in [0.1, 0.15) is 5.75 Å². The zero-order valence-corrected chi connectivity index (χ0v) is 13.0. The third-order valence-electron chi connectivity index (χ3n) is 3.37. The summed E-state index contributed by atoms with van der Waals surface area (Å²) < 4.78 is 4.91. The molecule has 1 heteroatoms. The zero-order chi connectivity index (χ0) is 15.5. The fourth-order valence-electron chi connectivity index (χ4n) is 2.13. The minimum atomic E-state index is 0.910. The summed E-state index contributed by atoms with van der Waals surface area (Å²) in [7, 11) is 1.66. The summed E-state index contributed by atoms with van der Waals surface area (Å²) in [6.07, 6.45) is 2.26. The van der Waals surface area contributed by atoms with Crippen molar-refractivity contribution in [2.75, 3.05) is 7.11 Å². The Bertz CT molecular complexity index is 578. The molecule has 0 saturated carbocycles. The molecule has 0 heterocycles. The molecule has 0 aliphatic rings. The Labute approximate surface area is 133 Å². The van der Waals surface area contributed by atoms with E-state index in [4.69, 9.17) is 4.74 Å². The van der Waals surface area contributed by atoms with Gasteiger partial charge in [0.05, 0.1) is 7.11 Å². The SMILES string of the molecule is COc1ccccc1.c1ccc(CCc2ccccc2)cc1. The molecule has 0 amide bonds. The Morgan fingerprint density at radius 3 is 1.23 bits per heavy atom. The molecule has 0 spiro atoms. The summed E-state index contributed by atoms with van der Waals surface area (Å²) in [4.78, 5) is 0. The highest BCUT2D eigenvalue weighted by Crippen LogP contribution is 2.06. The molecule has 0 bridgehead atoms. The fourth-order valence-corrected chi connectivity index (χ4v) is 2.13. The lowest BCUT2D eigenvalue weighted by Crippen LogP contribution is -1.89. The second-order valence-corrected chi connectivity index (χ2v) is 4.99. The largest absolute Gasteiger partial charge is 0.497 e. The van der Waals surface area contributed by atoms with Gasteiger partial charge in [-0.1, -0.05) is 78.9 Å². The minimum absolute atomic E-state index is 0.910. The van der Waals surface area contributed by atoms with Crippen LogP contribution in [-0.4, -0.2) is 7.11 Å². The van der Waals surface area contributed by atoms with Crippen LogP contribution in [0.2, 0.25) is 0 Å². The number of hydrogen-bond donors (Lipinski definition) is 0. The first-order valence-electron chi connectivity index (χ1n) is 7.55. The van der Waals surface area contributed by atoms with Crippen LogP contribution in [0.1, 0.15) is 11.1 Å². The van der Waals surface area contributed by atoms with Crippen LogP contribution in [0.15, 0.2) is 91.0 Å². The summed E-state index contributed by atoms with van der Waals surface area (Å²) in [5, 5.41) is 0. The van der Waals surface area contributed by atoms with Gasteiger partial charge in [-0.3, -0.25) is 0 Å². The van der Waals surface area contributed by atoms with Gasteiger partial charge in [-0.05, 0) is 36.1 Å². The minimum Gasteiger partial charge on any atom is -0.497 e.